The summed E-state index contributed by atoms with van der Waals surface area (Å²) in [6, 6.07) is 11.1. The highest BCUT2D eigenvalue weighted by Crippen LogP contribution is 2.19. The van der Waals surface area contributed by atoms with Gasteiger partial charge in [-0.1, -0.05) is 52.9 Å². The normalized spacial score (nSPS) is 21.6. The van der Waals surface area contributed by atoms with Gasteiger partial charge in [0.1, 0.15) is 0 Å². The molecule has 13 heavy (non-hydrogen) atoms. The summed E-state index contributed by atoms with van der Waals surface area (Å²) in [4.78, 5) is 4.69. The van der Waals surface area contributed by atoms with Gasteiger partial charge < -0.3 is 0 Å². The summed E-state index contributed by atoms with van der Waals surface area (Å²) in [5.41, 5.74) is 2.59. The molecule has 1 nitrogen and oxygen atoms in total. The van der Waals surface area contributed by atoms with Crippen molar-refractivity contribution < 1.29 is 0 Å². The number of nitrogens with zero attached hydrogens (tertiary/aromatic N) is 1. The predicted molar refractivity (Wildman–Crippen MR) is 64.9 cm³/mol. The van der Waals surface area contributed by atoms with Crippen LogP contribution in [-0.2, 0) is 0 Å². The maximum absolute atomic E-state index is 4.69. The topological polar surface area (TPSA) is 12.4 Å². The van der Waals surface area contributed by atoms with Crippen LogP contribution in [-0.4, -0.2) is 16.2 Å². The molecule has 0 radical (unpaired) electrons. The molecule has 0 aliphatic carbocycles. The summed E-state index contributed by atoms with van der Waals surface area (Å²) >= 11 is 2.41. The van der Waals surface area contributed by atoms with Crippen LogP contribution in [0.1, 0.15) is 18.4 Å². The Bertz CT molecular complexity index is 305. The van der Waals surface area contributed by atoms with Crippen molar-refractivity contribution in [3.63, 3.8) is 0 Å². The van der Waals surface area contributed by atoms with E-state index in [1.165, 1.54) is 17.7 Å². The van der Waals surface area contributed by atoms with Gasteiger partial charge in [0, 0.05) is 10.1 Å². The molecule has 0 saturated carbocycles. The maximum Gasteiger partial charge on any atom is 0.0596 e. The molecule has 1 atom stereocenters. The van der Waals surface area contributed by atoms with Gasteiger partial charge in [-0.3, -0.25) is 4.99 Å². The quantitative estimate of drug-likeness (QED) is 0.585. The van der Waals surface area contributed by atoms with Crippen LogP contribution >= 0.6 is 22.6 Å². The van der Waals surface area contributed by atoms with E-state index >= 15 is 0 Å². The van der Waals surface area contributed by atoms with E-state index in [2.05, 4.69) is 57.9 Å². The second kappa shape index (κ2) is 4.22. The molecule has 2 rings (SSSR count). The molecular formula is C11H12IN. The lowest BCUT2D eigenvalue weighted by Crippen LogP contribution is -1.98. The van der Waals surface area contributed by atoms with Crippen LogP contribution in [0.2, 0.25) is 0 Å². The molecule has 0 amide bonds. The van der Waals surface area contributed by atoms with Gasteiger partial charge in [0.2, 0.25) is 0 Å². The molecular weight excluding hydrogens is 273 g/mol. The summed E-state index contributed by atoms with van der Waals surface area (Å²) in [6.07, 6.45) is 2.38. The Balaban J connectivity index is 2.19. The van der Waals surface area contributed by atoms with E-state index in [9.17, 15) is 0 Å². The summed E-state index contributed by atoms with van der Waals surface area (Å²) in [6.45, 7) is 0. The van der Waals surface area contributed by atoms with Crippen LogP contribution < -0.4 is 0 Å². The molecule has 2 heteroatoms. The van der Waals surface area contributed by atoms with Gasteiger partial charge in [0.05, 0.1) is 6.04 Å². The number of hydrogen-bond donors (Lipinski definition) is 0. The second-order valence-corrected chi connectivity index (χ2v) is 4.17. The molecule has 0 bridgehead atoms. The van der Waals surface area contributed by atoms with Crippen LogP contribution in [0.15, 0.2) is 35.3 Å². The third kappa shape index (κ3) is 2.10. The molecule has 1 aliphatic rings. The summed E-state index contributed by atoms with van der Waals surface area (Å²) in [5.74, 6) is 0. The minimum atomic E-state index is 0.566. The summed E-state index contributed by atoms with van der Waals surface area (Å²) in [7, 11) is 0. The van der Waals surface area contributed by atoms with Crippen molar-refractivity contribution in [3.05, 3.63) is 35.9 Å². The molecule has 0 fully saturated rings. The second-order valence-electron chi connectivity index (χ2n) is 3.29. The van der Waals surface area contributed by atoms with Crippen LogP contribution in [0.4, 0.5) is 0 Å². The lowest BCUT2D eigenvalue weighted by molar-refractivity contribution is 0.758. The lowest BCUT2D eigenvalue weighted by Gasteiger charge is -1.98. The van der Waals surface area contributed by atoms with Crippen LogP contribution in [0.5, 0.6) is 0 Å². The number of rotatable bonds is 2. The molecule has 68 valence electrons. The zero-order chi connectivity index (χ0) is 9.10. The van der Waals surface area contributed by atoms with Gasteiger partial charge in [-0.15, -0.1) is 0 Å². The first kappa shape index (κ1) is 9.19. The summed E-state index contributed by atoms with van der Waals surface area (Å²) in [5, 5.41) is 0. The fraction of sp³-hybridized carbons (Fsp3) is 0.364. The molecule has 1 aromatic carbocycles. The largest absolute Gasteiger partial charge is 0.285 e. The van der Waals surface area contributed by atoms with Crippen molar-refractivity contribution in [2.45, 2.75) is 18.9 Å². The van der Waals surface area contributed by atoms with Gasteiger partial charge in [-0.25, -0.2) is 0 Å². The number of benzene rings is 1. The van der Waals surface area contributed by atoms with Crippen LogP contribution in [0.25, 0.3) is 0 Å². The van der Waals surface area contributed by atoms with E-state index in [1.807, 2.05) is 0 Å². The lowest BCUT2D eigenvalue weighted by atomic mass is 10.1. The number of hydrogen-bond acceptors (Lipinski definition) is 1. The first-order valence-electron chi connectivity index (χ1n) is 4.58. The first-order chi connectivity index (χ1) is 6.40. The number of halogens is 1. The van der Waals surface area contributed by atoms with Crippen molar-refractivity contribution >= 4 is 28.3 Å². The van der Waals surface area contributed by atoms with Gasteiger partial charge in [-0.2, -0.15) is 0 Å². The van der Waals surface area contributed by atoms with Crippen molar-refractivity contribution in [2.24, 2.45) is 4.99 Å². The van der Waals surface area contributed by atoms with Gasteiger partial charge in [0.15, 0.2) is 0 Å². The SMILES string of the molecule is IC[C@H]1CCC(c2ccccc2)=N1. The fourth-order valence-corrected chi connectivity index (χ4v) is 2.25. The monoisotopic (exact) mass is 285 g/mol. The Morgan fingerprint density at radius 2 is 2.08 bits per heavy atom. The fourth-order valence-electron chi connectivity index (χ4n) is 1.61. The Morgan fingerprint density at radius 3 is 2.69 bits per heavy atom. The third-order valence-corrected chi connectivity index (χ3v) is 3.35. The average molecular weight is 285 g/mol. The van der Waals surface area contributed by atoms with Crippen LogP contribution in [0, 0.1) is 0 Å². The van der Waals surface area contributed by atoms with E-state index in [4.69, 9.17) is 0 Å². The van der Waals surface area contributed by atoms with Crippen molar-refractivity contribution in [3.8, 4) is 0 Å². The van der Waals surface area contributed by atoms with Gasteiger partial charge in [0.25, 0.3) is 0 Å². The molecule has 1 heterocycles. The highest BCUT2D eigenvalue weighted by molar-refractivity contribution is 14.1. The Labute approximate surface area is 92.4 Å². The van der Waals surface area contributed by atoms with Crippen LogP contribution in [0.3, 0.4) is 0 Å². The highest BCUT2D eigenvalue weighted by atomic mass is 127. The Hall–Kier alpha value is -0.380. The minimum absolute atomic E-state index is 0.566. The van der Waals surface area contributed by atoms with Gasteiger partial charge in [-0.05, 0) is 18.4 Å². The molecule has 1 aliphatic heterocycles. The van der Waals surface area contributed by atoms with Gasteiger partial charge >= 0.3 is 0 Å². The van der Waals surface area contributed by atoms with E-state index in [-0.39, 0.29) is 0 Å². The number of aliphatic imine (C=N–C) groups is 1. The molecule has 1 aromatic rings. The predicted octanol–water partition coefficient (Wildman–Crippen LogP) is 3.07. The zero-order valence-corrected chi connectivity index (χ0v) is 9.57. The number of alkyl halides is 1. The Morgan fingerprint density at radius 1 is 1.31 bits per heavy atom. The van der Waals surface area contributed by atoms with Crippen molar-refractivity contribution in [1.82, 2.24) is 0 Å². The van der Waals surface area contributed by atoms with E-state index in [0.29, 0.717) is 6.04 Å². The molecule has 0 N–H and O–H groups in total. The summed E-state index contributed by atoms with van der Waals surface area (Å²) < 4.78 is 1.15. The Kier molecular flexibility index (Phi) is 2.98. The average Bonchev–Trinajstić information content (AvgIpc) is 2.67. The molecule has 0 unspecified atom stereocenters. The minimum Gasteiger partial charge on any atom is -0.285 e. The smallest absolute Gasteiger partial charge is 0.0596 e. The zero-order valence-electron chi connectivity index (χ0n) is 7.41. The van der Waals surface area contributed by atoms with E-state index < -0.39 is 0 Å². The molecule has 0 saturated heterocycles. The van der Waals surface area contributed by atoms with E-state index in [0.717, 1.165) is 10.8 Å². The van der Waals surface area contributed by atoms with Crippen molar-refractivity contribution in [1.29, 1.82) is 0 Å². The standard InChI is InChI=1S/C11H12IN/c12-8-10-6-7-11(13-10)9-4-2-1-3-5-9/h1-5,10H,6-8H2/t10-/m1/s1. The highest BCUT2D eigenvalue weighted by Gasteiger charge is 2.16. The third-order valence-electron chi connectivity index (χ3n) is 2.34. The van der Waals surface area contributed by atoms with Crippen molar-refractivity contribution in [2.75, 3.05) is 4.43 Å². The maximum atomic E-state index is 4.69. The first-order valence-corrected chi connectivity index (χ1v) is 6.11. The molecule has 0 spiro atoms. The van der Waals surface area contributed by atoms with E-state index in [1.54, 1.807) is 0 Å². The molecule has 0 aromatic heterocycles.